The molecular weight excluding hydrogens is 352 g/mol. The van der Waals surface area contributed by atoms with Gasteiger partial charge in [0.25, 0.3) is 0 Å². The molecule has 138 valence electrons. The van der Waals surface area contributed by atoms with Gasteiger partial charge in [-0.15, -0.1) is 0 Å². The van der Waals surface area contributed by atoms with Gasteiger partial charge in [-0.25, -0.2) is 8.42 Å². The maximum atomic E-state index is 12.7. The first-order chi connectivity index (χ1) is 12.4. The van der Waals surface area contributed by atoms with E-state index in [1.165, 1.54) is 0 Å². The lowest BCUT2D eigenvalue weighted by Crippen LogP contribution is -2.33. The van der Waals surface area contributed by atoms with E-state index in [2.05, 4.69) is 4.72 Å². The number of para-hydroxylation sites is 1. The highest BCUT2D eigenvalue weighted by molar-refractivity contribution is 7.92. The van der Waals surface area contributed by atoms with Crippen LogP contribution in [-0.2, 0) is 14.8 Å². The minimum absolute atomic E-state index is 0.00672. The Morgan fingerprint density at radius 3 is 2.35 bits per heavy atom. The summed E-state index contributed by atoms with van der Waals surface area (Å²) in [6.07, 6.45) is 3.35. The van der Waals surface area contributed by atoms with E-state index < -0.39 is 10.0 Å². The van der Waals surface area contributed by atoms with Crippen LogP contribution in [0, 0.1) is 0 Å². The molecule has 0 heterocycles. The topological polar surface area (TPSA) is 75.7 Å². The van der Waals surface area contributed by atoms with Crippen LogP contribution in [0.3, 0.4) is 0 Å². The Bertz CT molecular complexity index is 847. The van der Waals surface area contributed by atoms with Gasteiger partial charge in [0.15, 0.2) is 0 Å². The van der Waals surface area contributed by atoms with Crippen molar-refractivity contribution in [1.82, 2.24) is 0 Å². The summed E-state index contributed by atoms with van der Waals surface area (Å²) < 4.78 is 30.6. The summed E-state index contributed by atoms with van der Waals surface area (Å²) in [5.41, 5.74) is 1.25. The number of nitrogens with one attached hydrogen (secondary N) is 1. The predicted octanol–water partition coefficient (Wildman–Crippen LogP) is 3.02. The Labute approximate surface area is 153 Å². The quantitative estimate of drug-likeness (QED) is 0.771. The first-order valence-corrected chi connectivity index (χ1v) is 10.4. The molecule has 0 radical (unpaired) electrons. The van der Waals surface area contributed by atoms with E-state index >= 15 is 0 Å². The van der Waals surface area contributed by atoms with Crippen molar-refractivity contribution in [1.29, 1.82) is 0 Å². The van der Waals surface area contributed by atoms with E-state index in [1.54, 1.807) is 29.2 Å². The second kappa shape index (κ2) is 7.78. The van der Waals surface area contributed by atoms with Gasteiger partial charge >= 0.3 is 0 Å². The molecule has 6 nitrogen and oxygen atoms in total. The molecule has 1 fully saturated rings. The van der Waals surface area contributed by atoms with E-state index in [0.717, 1.165) is 30.5 Å². The van der Waals surface area contributed by atoms with E-state index in [0.29, 0.717) is 12.3 Å². The van der Waals surface area contributed by atoms with Gasteiger partial charge in [-0.1, -0.05) is 18.2 Å². The fraction of sp³-hybridized carbons (Fsp3) is 0.316. The van der Waals surface area contributed by atoms with E-state index in [1.807, 2.05) is 30.3 Å². The molecule has 2 aromatic carbocycles. The van der Waals surface area contributed by atoms with Gasteiger partial charge in [-0.2, -0.15) is 0 Å². The Hall–Kier alpha value is -2.54. The predicted molar refractivity (Wildman–Crippen MR) is 102 cm³/mol. The van der Waals surface area contributed by atoms with Crippen molar-refractivity contribution in [3.05, 3.63) is 54.6 Å². The van der Waals surface area contributed by atoms with Gasteiger partial charge in [-0.05, 0) is 49.2 Å². The first kappa shape index (κ1) is 18.3. The Kier molecular flexibility index (Phi) is 5.46. The minimum Gasteiger partial charge on any atom is -0.493 e. The van der Waals surface area contributed by atoms with Crippen LogP contribution in [-0.4, -0.2) is 33.2 Å². The van der Waals surface area contributed by atoms with Crippen molar-refractivity contribution in [2.75, 3.05) is 22.5 Å². The molecule has 0 bridgehead atoms. The summed E-state index contributed by atoms with van der Waals surface area (Å²) in [5, 5.41) is 0. The standard InChI is InChI=1S/C19H22N2O4S/c1-26(23,24)20-15-7-9-16(10-8-15)21(17-11-12-17)19(22)13-14-25-18-5-3-2-4-6-18/h2-10,17,20H,11-14H2,1H3. The number of sulfonamides is 1. The fourth-order valence-corrected chi connectivity index (χ4v) is 3.25. The molecule has 1 aliphatic carbocycles. The molecule has 0 unspecified atom stereocenters. The molecule has 0 atom stereocenters. The number of amides is 1. The number of carbonyl (C=O) groups is 1. The van der Waals surface area contributed by atoms with Crippen LogP contribution < -0.4 is 14.4 Å². The zero-order chi connectivity index (χ0) is 18.6. The number of ether oxygens (including phenoxy) is 1. The molecule has 0 aromatic heterocycles. The van der Waals surface area contributed by atoms with Crippen LogP contribution in [0.15, 0.2) is 54.6 Å². The van der Waals surface area contributed by atoms with Crippen LogP contribution >= 0.6 is 0 Å². The maximum Gasteiger partial charge on any atom is 0.230 e. The van der Waals surface area contributed by atoms with Crippen molar-refractivity contribution in [3.63, 3.8) is 0 Å². The highest BCUT2D eigenvalue weighted by Gasteiger charge is 2.33. The lowest BCUT2D eigenvalue weighted by molar-refractivity contribution is -0.119. The molecule has 7 heteroatoms. The largest absolute Gasteiger partial charge is 0.493 e. The monoisotopic (exact) mass is 374 g/mol. The third-order valence-corrected chi connectivity index (χ3v) is 4.56. The number of benzene rings is 2. The van der Waals surface area contributed by atoms with Crippen molar-refractivity contribution in [3.8, 4) is 5.75 Å². The molecule has 1 saturated carbocycles. The number of carbonyl (C=O) groups excluding carboxylic acids is 1. The molecule has 3 rings (SSSR count). The molecular formula is C19H22N2O4S. The summed E-state index contributed by atoms with van der Waals surface area (Å²) in [7, 11) is -3.32. The summed E-state index contributed by atoms with van der Waals surface area (Å²) in [5.74, 6) is 0.752. The minimum atomic E-state index is -3.32. The van der Waals surface area contributed by atoms with Crippen LogP contribution in [0.4, 0.5) is 11.4 Å². The summed E-state index contributed by atoms with van der Waals surface area (Å²) in [4.78, 5) is 14.5. The second-order valence-electron chi connectivity index (χ2n) is 6.33. The molecule has 1 N–H and O–H groups in total. The van der Waals surface area contributed by atoms with Crippen molar-refractivity contribution < 1.29 is 17.9 Å². The van der Waals surface area contributed by atoms with Crippen LogP contribution in [0.1, 0.15) is 19.3 Å². The van der Waals surface area contributed by atoms with Gasteiger partial charge < -0.3 is 9.64 Å². The van der Waals surface area contributed by atoms with Crippen molar-refractivity contribution in [2.45, 2.75) is 25.3 Å². The second-order valence-corrected chi connectivity index (χ2v) is 8.08. The zero-order valence-corrected chi connectivity index (χ0v) is 15.4. The number of hydrogen-bond donors (Lipinski definition) is 1. The zero-order valence-electron chi connectivity index (χ0n) is 14.6. The Balaban J connectivity index is 1.62. The van der Waals surface area contributed by atoms with Crippen LogP contribution in [0.25, 0.3) is 0 Å². The Morgan fingerprint density at radius 2 is 1.77 bits per heavy atom. The van der Waals surface area contributed by atoms with Crippen LogP contribution in [0.5, 0.6) is 5.75 Å². The first-order valence-electron chi connectivity index (χ1n) is 8.50. The summed E-state index contributed by atoms with van der Waals surface area (Å²) in [6, 6.07) is 16.5. The van der Waals surface area contributed by atoms with Crippen molar-refractivity contribution in [2.24, 2.45) is 0 Å². The molecule has 26 heavy (non-hydrogen) atoms. The molecule has 0 saturated heterocycles. The Morgan fingerprint density at radius 1 is 1.12 bits per heavy atom. The fourth-order valence-electron chi connectivity index (χ4n) is 2.69. The lowest BCUT2D eigenvalue weighted by atomic mass is 10.2. The SMILES string of the molecule is CS(=O)(=O)Nc1ccc(N(C(=O)CCOc2ccccc2)C2CC2)cc1. The average Bonchev–Trinajstić information content (AvgIpc) is 3.41. The number of nitrogens with zero attached hydrogens (tertiary/aromatic N) is 1. The smallest absolute Gasteiger partial charge is 0.230 e. The van der Waals surface area contributed by atoms with Gasteiger partial charge in [0.2, 0.25) is 15.9 Å². The summed E-state index contributed by atoms with van der Waals surface area (Å²) in [6.45, 7) is 0.319. The average molecular weight is 374 g/mol. The highest BCUT2D eigenvalue weighted by Crippen LogP contribution is 2.33. The molecule has 1 amide bonds. The van der Waals surface area contributed by atoms with E-state index in [4.69, 9.17) is 4.74 Å². The third kappa shape index (κ3) is 5.23. The molecule has 0 spiro atoms. The lowest BCUT2D eigenvalue weighted by Gasteiger charge is -2.23. The van der Waals surface area contributed by atoms with Crippen molar-refractivity contribution >= 4 is 27.3 Å². The number of hydrogen-bond acceptors (Lipinski definition) is 4. The normalized spacial score (nSPS) is 13.9. The van der Waals surface area contributed by atoms with E-state index in [9.17, 15) is 13.2 Å². The molecule has 0 aliphatic heterocycles. The maximum absolute atomic E-state index is 12.7. The van der Waals surface area contributed by atoms with Gasteiger partial charge in [0.1, 0.15) is 5.75 Å². The van der Waals surface area contributed by atoms with Gasteiger partial charge in [0.05, 0.1) is 19.3 Å². The van der Waals surface area contributed by atoms with Gasteiger partial charge in [-0.3, -0.25) is 9.52 Å². The molecule has 2 aromatic rings. The van der Waals surface area contributed by atoms with Gasteiger partial charge in [0, 0.05) is 17.4 Å². The van der Waals surface area contributed by atoms with E-state index in [-0.39, 0.29) is 18.4 Å². The third-order valence-electron chi connectivity index (χ3n) is 3.96. The highest BCUT2D eigenvalue weighted by atomic mass is 32.2. The van der Waals surface area contributed by atoms with Crippen LogP contribution in [0.2, 0.25) is 0 Å². The number of anilines is 2. The summed E-state index contributed by atoms with van der Waals surface area (Å²) >= 11 is 0. The number of rotatable bonds is 8. The molecule has 1 aliphatic rings.